The van der Waals surface area contributed by atoms with Crippen molar-refractivity contribution in [1.82, 2.24) is 30.0 Å². The van der Waals surface area contributed by atoms with Crippen molar-refractivity contribution >= 4 is 17.8 Å². The van der Waals surface area contributed by atoms with Crippen LogP contribution in [-0.2, 0) is 17.7 Å². The number of nitrogens with zero attached hydrogens (tertiary/aromatic N) is 7. The Bertz CT molecular complexity index is 1730. The minimum Gasteiger partial charge on any atom is -0.490 e. The molecule has 4 heterocycles. The third-order valence-corrected chi connectivity index (χ3v) is 9.90. The minimum atomic E-state index is -0.565. The van der Waals surface area contributed by atoms with Crippen LogP contribution in [0.3, 0.4) is 0 Å². The molecule has 3 aromatic rings. The molecule has 2 amide bonds. The molecule has 2 aliphatic carbocycles. The molecule has 0 N–H and O–H groups in total. The molecule has 12 nitrogen and oxygen atoms in total. The van der Waals surface area contributed by atoms with Crippen LogP contribution in [0.1, 0.15) is 88.3 Å². The molecule has 0 atom stereocenters. The van der Waals surface area contributed by atoms with Crippen molar-refractivity contribution in [2.45, 2.75) is 103 Å². The number of carbonyl (C=O) groups excluding carboxylic acids is 2. The van der Waals surface area contributed by atoms with Gasteiger partial charge in [-0.05, 0) is 91.0 Å². The summed E-state index contributed by atoms with van der Waals surface area (Å²) >= 11 is 0. The van der Waals surface area contributed by atoms with E-state index in [2.05, 4.69) is 25.1 Å². The van der Waals surface area contributed by atoms with Crippen LogP contribution in [0.25, 0.3) is 0 Å². The van der Waals surface area contributed by atoms with Crippen molar-refractivity contribution in [3.05, 3.63) is 59.4 Å². The molecule has 260 valence electrons. The van der Waals surface area contributed by atoms with E-state index in [9.17, 15) is 14.0 Å². The van der Waals surface area contributed by atoms with E-state index >= 15 is 0 Å². The van der Waals surface area contributed by atoms with Crippen molar-refractivity contribution < 1.29 is 28.2 Å². The normalized spacial score (nSPS) is 18.7. The Kier molecular flexibility index (Phi) is 8.56. The fraction of sp³-hybridized carbons (Fsp3) is 0.556. The molecule has 0 bridgehead atoms. The zero-order chi connectivity index (χ0) is 34.5. The van der Waals surface area contributed by atoms with E-state index in [-0.39, 0.29) is 52.8 Å². The standard InChI is InChI=1S/C36H44FN7O5/c1-22(2)44(24-7-6-8-24)33(45)26-15-23(37)9-10-29(26)48-32-31(39-21-40-41-32)43-19-36(20-43)16-25(17-36)47-30-11-13-38-28-12-14-42(18-27(28)30)34(46)49-35(3,4)5/h9-11,13,15,21-22,24-25H,6-8,12,14,16-20H2,1-5H3. The van der Waals surface area contributed by atoms with Gasteiger partial charge in [0.25, 0.3) is 11.8 Å². The highest BCUT2D eigenvalue weighted by Crippen LogP contribution is 2.52. The topological polar surface area (TPSA) is 123 Å². The summed E-state index contributed by atoms with van der Waals surface area (Å²) < 4.78 is 32.8. The number of anilines is 1. The van der Waals surface area contributed by atoms with E-state index in [1.54, 1.807) is 11.1 Å². The van der Waals surface area contributed by atoms with Crippen LogP contribution in [0, 0.1) is 11.2 Å². The number of pyridine rings is 1. The number of hydrogen-bond acceptors (Lipinski definition) is 10. The third-order valence-electron chi connectivity index (χ3n) is 9.90. The smallest absolute Gasteiger partial charge is 0.410 e. The van der Waals surface area contributed by atoms with Crippen LogP contribution in [0.4, 0.5) is 15.0 Å². The second kappa shape index (κ2) is 12.7. The van der Waals surface area contributed by atoms with Gasteiger partial charge in [-0.1, -0.05) is 0 Å². The van der Waals surface area contributed by atoms with Gasteiger partial charge >= 0.3 is 6.09 Å². The number of fused-ring (bicyclic) bond motifs is 1. The van der Waals surface area contributed by atoms with Gasteiger partial charge < -0.3 is 28.9 Å². The van der Waals surface area contributed by atoms with Gasteiger partial charge in [-0.3, -0.25) is 9.78 Å². The van der Waals surface area contributed by atoms with Crippen molar-refractivity contribution in [1.29, 1.82) is 0 Å². The quantitative estimate of drug-likeness (QED) is 0.284. The lowest BCUT2D eigenvalue weighted by molar-refractivity contribution is -0.0353. The zero-order valence-corrected chi connectivity index (χ0v) is 28.8. The number of ether oxygens (including phenoxy) is 3. The Hall–Kier alpha value is -4.55. The highest BCUT2D eigenvalue weighted by atomic mass is 19.1. The molecule has 2 aliphatic heterocycles. The molecule has 1 spiro atoms. The lowest BCUT2D eigenvalue weighted by Crippen LogP contribution is -2.65. The number of aromatic nitrogens is 4. The van der Waals surface area contributed by atoms with E-state index in [1.807, 2.05) is 45.6 Å². The molecule has 0 unspecified atom stereocenters. The predicted octanol–water partition coefficient (Wildman–Crippen LogP) is 5.94. The molecule has 1 saturated heterocycles. The summed E-state index contributed by atoms with van der Waals surface area (Å²) in [5, 5.41) is 8.17. The fourth-order valence-corrected chi connectivity index (χ4v) is 7.37. The number of benzene rings is 1. The van der Waals surface area contributed by atoms with Crippen molar-refractivity contribution in [2.75, 3.05) is 24.5 Å². The zero-order valence-electron chi connectivity index (χ0n) is 28.8. The number of rotatable bonds is 8. The van der Waals surface area contributed by atoms with Gasteiger partial charge in [0.2, 0.25) is 0 Å². The number of carbonyl (C=O) groups is 2. The SMILES string of the molecule is CC(C)N(C(=O)c1cc(F)ccc1Oc1nncnc1N1CC2(CC(Oc3ccnc4c3CN(C(=O)OC(C)(C)C)CC4)C2)C1)C1CCC1. The summed E-state index contributed by atoms with van der Waals surface area (Å²) in [5.74, 6) is 0.912. The molecule has 2 saturated carbocycles. The van der Waals surface area contributed by atoms with Gasteiger partial charge in [0.05, 0.1) is 17.8 Å². The summed E-state index contributed by atoms with van der Waals surface area (Å²) in [7, 11) is 0. The van der Waals surface area contributed by atoms with E-state index in [0.29, 0.717) is 25.3 Å². The van der Waals surface area contributed by atoms with E-state index in [1.165, 1.54) is 24.5 Å². The third kappa shape index (κ3) is 6.71. The molecule has 7 rings (SSSR count). The number of halogens is 1. The molecule has 13 heteroatoms. The molecule has 4 aliphatic rings. The van der Waals surface area contributed by atoms with Crippen molar-refractivity contribution in [3.63, 3.8) is 0 Å². The van der Waals surface area contributed by atoms with Gasteiger partial charge in [-0.25, -0.2) is 14.2 Å². The summed E-state index contributed by atoms with van der Waals surface area (Å²) in [6, 6.07) is 5.97. The first kappa shape index (κ1) is 33.0. The summed E-state index contributed by atoms with van der Waals surface area (Å²) in [5.41, 5.74) is 1.55. The van der Waals surface area contributed by atoms with Crippen LogP contribution in [0.15, 0.2) is 36.8 Å². The molecule has 3 fully saturated rings. The van der Waals surface area contributed by atoms with Gasteiger partial charge in [-0.2, -0.15) is 0 Å². The van der Waals surface area contributed by atoms with E-state index in [4.69, 9.17) is 14.2 Å². The predicted molar refractivity (Wildman–Crippen MR) is 178 cm³/mol. The second-order valence-electron chi connectivity index (χ2n) is 15.1. The summed E-state index contributed by atoms with van der Waals surface area (Å²) in [6.45, 7) is 12.0. The van der Waals surface area contributed by atoms with Crippen molar-refractivity contribution in [3.8, 4) is 17.4 Å². The van der Waals surface area contributed by atoms with Gasteiger partial charge in [0.1, 0.15) is 35.3 Å². The van der Waals surface area contributed by atoms with Crippen molar-refractivity contribution in [2.24, 2.45) is 5.41 Å². The van der Waals surface area contributed by atoms with E-state index < -0.39 is 11.4 Å². The average molecular weight is 674 g/mol. The highest BCUT2D eigenvalue weighted by molar-refractivity contribution is 5.97. The van der Waals surface area contributed by atoms with Gasteiger partial charge in [-0.15, -0.1) is 10.2 Å². The number of hydrogen-bond donors (Lipinski definition) is 0. The van der Waals surface area contributed by atoms with E-state index in [0.717, 1.165) is 62.2 Å². The van der Waals surface area contributed by atoms with Gasteiger partial charge in [0, 0.05) is 55.3 Å². The maximum Gasteiger partial charge on any atom is 0.410 e. The molecule has 49 heavy (non-hydrogen) atoms. The van der Waals surface area contributed by atoms with Gasteiger partial charge in [0.15, 0.2) is 5.82 Å². The first-order valence-corrected chi connectivity index (χ1v) is 17.2. The minimum absolute atomic E-state index is 0.0360. The highest BCUT2D eigenvalue weighted by Gasteiger charge is 2.54. The van der Waals surface area contributed by atoms with Crippen LogP contribution in [0.2, 0.25) is 0 Å². The number of amides is 2. The first-order valence-electron chi connectivity index (χ1n) is 17.2. The Morgan fingerprint density at radius 1 is 1.08 bits per heavy atom. The summed E-state index contributed by atoms with van der Waals surface area (Å²) in [4.78, 5) is 41.1. The molecular formula is C36H44FN7O5. The summed E-state index contributed by atoms with van der Waals surface area (Å²) in [6.07, 6.45) is 8.19. The maximum atomic E-state index is 14.5. The van der Waals surface area contributed by atoms with Crippen LogP contribution in [0.5, 0.6) is 17.4 Å². The van der Waals surface area contributed by atoms with Crippen LogP contribution in [-0.4, -0.2) is 85.4 Å². The Morgan fingerprint density at radius 2 is 1.86 bits per heavy atom. The van der Waals surface area contributed by atoms with Crippen LogP contribution < -0.4 is 14.4 Å². The molecule has 0 radical (unpaired) electrons. The lowest BCUT2D eigenvalue weighted by Gasteiger charge is -2.58. The largest absolute Gasteiger partial charge is 0.490 e. The second-order valence-corrected chi connectivity index (χ2v) is 15.1. The molecule has 2 aromatic heterocycles. The van der Waals surface area contributed by atoms with Crippen LogP contribution >= 0.6 is 0 Å². The monoisotopic (exact) mass is 673 g/mol. The molecule has 1 aromatic carbocycles. The Morgan fingerprint density at radius 3 is 2.55 bits per heavy atom. The average Bonchev–Trinajstić information content (AvgIpc) is 2.99. The Balaban J connectivity index is 0.995. The molecular weight excluding hydrogens is 629 g/mol. The maximum absolute atomic E-state index is 14.5. The fourth-order valence-electron chi connectivity index (χ4n) is 7.37. The Labute approximate surface area is 286 Å². The first-order chi connectivity index (χ1) is 23.4. The lowest BCUT2D eigenvalue weighted by atomic mass is 9.61.